The standard InChI is InChI=1S/C14H27N3O/c1-11(2)10-16-6-8-17(9-7-16)14(18)13-4-5-15-12(13)3/h11-13,15H,4-10H2,1-3H3. The van der Waals surface area contributed by atoms with Crippen LogP contribution in [0.3, 0.4) is 0 Å². The molecule has 18 heavy (non-hydrogen) atoms. The van der Waals surface area contributed by atoms with Crippen LogP contribution in [0.5, 0.6) is 0 Å². The third kappa shape index (κ3) is 3.23. The average molecular weight is 253 g/mol. The lowest BCUT2D eigenvalue weighted by Crippen LogP contribution is -2.52. The maximum absolute atomic E-state index is 12.4. The van der Waals surface area contributed by atoms with Crippen molar-refractivity contribution >= 4 is 5.91 Å². The van der Waals surface area contributed by atoms with Crippen molar-refractivity contribution in [3.8, 4) is 0 Å². The Hall–Kier alpha value is -0.610. The summed E-state index contributed by atoms with van der Waals surface area (Å²) in [5, 5.41) is 3.37. The molecule has 0 spiro atoms. The summed E-state index contributed by atoms with van der Waals surface area (Å²) in [6.45, 7) is 12.7. The Morgan fingerprint density at radius 1 is 1.28 bits per heavy atom. The van der Waals surface area contributed by atoms with Crippen molar-refractivity contribution in [2.45, 2.75) is 33.2 Å². The van der Waals surface area contributed by atoms with Crippen molar-refractivity contribution in [1.29, 1.82) is 0 Å². The minimum atomic E-state index is 0.210. The Bertz CT molecular complexity index is 285. The molecular weight excluding hydrogens is 226 g/mol. The Morgan fingerprint density at radius 2 is 1.94 bits per heavy atom. The van der Waals surface area contributed by atoms with E-state index in [0.717, 1.165) is 45.7 Å². The molecular formula is C14H27N3O. The van der Waals surface area contributed by atoms with Crippen molar-refractivity contribution < 1.29 is 4.79 Å². The minimum Gasteiger partial charge on any atom is -0.340 e. The van der Waals surface area contributed by atoms with E-state index < -0.39 is 0 Å². The van der Waals surface area contributed by atoms with Gasteiger partial charge in [0, 0.05) is 38.8 Å². The second-order valence-corrected chi connectivity index (χ2v) is 6.16. The van der Waals surface area contributed by atoms with E-state index in [-0.39, 0.29) is 5.92 Å². The van der Waals surface area contributed by atoms with E-state index in [2.05, 4.69) is 35.9 Å². The first-order chi connectivity index (χ1) is 8.58. The second-order valence-electron chi connectivity index (χ2n) is 6.16. The highest BCUT2D eigenvalue weighted by Crippen LogP contribution is 2.19. The molecule has 2 aliphatic rings. The second kappa shape index (κ2) is 6.02. The first-order valence-corrected chi connectivity index (χ1v) is 7.32. The van der Waals surface area contributed by atoms with Crippen LogP contribution in [0.4, 0.5) is 0 Å². The van der Waals surface area contributed by atoms with Crippen LogP contribution in [0, 0.1) is 11.8 Å². The Labute approximate surface area is 111 Å². The molecule has 1 N–H and O–H groups in total. The molecule has 1 amide bonds. The summed E-state index contributed by atoms with van der Waals surface area (Å²) in [7, 11) is 0. The number of nitrogens with zero attached hydrogens (tertiary/aromatic N) is 2. The first kappa shape index (κ1) is 13.8. The van der Waals surface area contributed by atoms with Crippen LogP contribution in [0.25, 0.3) is 0 Å². The van der Waals surface area contributed by atoms with E-state index in [1.54, 1.807) is 0 Å². The van der Waals surface area contributed by atoms with Crippen LogP contribution in [0.15, 0.2) is 0 Å². The Balaban J connectivity index is 1.80. The minimum absolute atomic E-state index is 0.210. The maximum atomic E-state index is 12.4. The summed E-state index contributed by atoms with van der Waals surface area (Å²) < 4.78 is 0. The molecule has 4 nitrogen and oxygen atoms in total. The number of rotatable bonds is 3. The van der Waals surface area contributed by atoms with Gasteiger partial charge in [-0.2, -0.15) is 0 Å². The van der Waals surface area contributed by atoms with Gasteiger partial charge in [-0.05, 0) is 25.8 Å². The molecule has 0 aliphatic carbocycles. The molecule has 2 fully saturated rings. The van der Waals surface area contributed by atoms with Gasteiger partial charge >= 0.3 is 0 Å². The predicted molar refractivity (Wildman–Crippen MR) is 73.4 cm³/mol. The topological polar surface area (TPSA) is 35.6 Å². The van der Waals surface area contributed by atoms with Gasteiger partial charge in [-0.15, -0.1) is 0 Å². The number of hydrogen-bond acceptors (Lipinski definition) is 3. The van der Waals surface area contributed by atoms with Gasteiger partial charge in [0.25, 0.3) is 0 Å². The summed E-state index contributed by atoms with van der Waals surface area (Å²) in [5.41, 5.74) is 0. The molecule has 2 rings (SSSR count). The normalized spacial score (nSPS) is 30.1. The quantitative estimate of drug-likeness (QED) is 0.807. The number of hydrogen-bond donors (Lipinski definition) is 1. The van der Waals surface area contributed by atoms with Gasteiger partial charge in [0.15, 0.2) is 0 Å². The van der Waals surface area contributed by atoms with Crippen LogP contribution in [0.1, 0.15) is 27.2 Å². The van der Waals surface area contributed by atoms with Gasteiger partial charge in [-0.1, -0.05) is 13.8 Å². The molecule has 2 saturated heterocycles. The highest BCUT2D eigenvalue weighted by Gasteiger charge is 2.33. The van der Waals surface area contributed by atoms with Gasteiger partial charge in [0.05, 0.1) is 5.92 Å². The molecule has 104 valence electrons. The smallest absolute Gasteiger partial charge is 0.227 e. The van der Waals surface area contributed by atoms with E-state index in [1.807, 2.05) is 0 Å². The van der Waals surface area contributed by atoms with E-state index >= 15 is 0 Å². The summed E-state index contributed by atoms with van der Waals surface area (Å²) in [6.07, 6.45) is 1.01. The number of amides is 1. The van der Waals surface area contributed by atoms with Gasteiger partial charge in [-0.25, -0.2) is 0 Å². The average Bonchev–Trinajstić information content (AvgIpc) is 2.75. The van der Waals surface area contributed by atoms with Gasteiger partial charge in [0.2, 0.25) is 5.91 Å². The SMILES string of the molecule is CC(C)CN1CCN(C(=O)C2CCNC2C)CC1. The van der Waals surface area contributed by atoms with Crippen LogP contribution in [-0.4, -0.2) is 61.0 Å². The fourth-order valence-electron chi connectivity index (χ4n) is 3.10. The van der Waals surface area contributed by atoms with Gasteiger partial charge < -0.3 is 10.2 Å². The molecule has 2 aliphatic heterocycles. The van der Waals surface area contributed by atoms with Crippen molar-refractivity contribution in [2.75, 3.05) is 39.3 Å². The lowest BCUT2D eigenvalue weighted by Gasteiger charge is -2.37. The van der Waals surface area contributed by atoms with Crippen LogP contribution < -0.4 is 5.32 Å². The zero-order chi connectivity index (χ0) is 13.1. The zero-order valence-corrected chi connectivity index (χ0v) is 12.0. The van der Waals surface area contributed by atoms with E-state index in [9.17, 15) is 4.79 Å². The zero-order valence-electron chi connectivity index (χ0n) is 12.0. The van der Waals surface area contributed by atoms with E-state index in [0.29, 0.717) is 17.9 Å². The lowest BCUT2D eigenvalue weighted by molar-refractivity contribution is -0.137. The van der Waals surface area contributed by atoms with Crippen molar-refractivity contribution in [3.63, 3.8) is 0 Å². The molecule has 4 heteroatoms. The monoisotopic (exact) mass is 253 g/mol. The number of carbonyl (C=O) groups excluding carboxylic acids is 1. The number of nitrogens with one attached hydrogen (secondary N) is 1. The highest BCUT2D eigenvalue weighted by molar-refractivity contribution is 5.80. The first-order valence-electron chi connectivity index (χ1n) is 7.32. The largest absolute Gasteiger partial charge is 0.340 e. The third-order valence-corrected chi connectivity index (χ3v) is 4.15. The Kier molecular flexibility index (Phi) is 4.62. The van der Waals surface area contributed by atoms with Crippen molar-refractivity contribution in [1.82, 2.24) is 15.1 Å². The van der Waals surface area contributed by atoms with Gasteiger partial charge in [0.1, 0.15) is 0 Å². The molecule has 0 bridgehead atoms. The van der Waals surface area contributed by atoms with Crippen LogP contribution >= 0.6 is 0 Å². The molecule has 0 saturated carbocycles. The third-order valence-electron chi connectivity index (χ3n) is 4.15. The molecule has 0 radical (unpaired) electrons. The summed E-state index contributed by atoms with van der Waals surface area (Å²) in [4.78, 5) is 17.0. The summed E-state index contributed by atoms with van der Waals surface area (Å²) in [5.74, 6) is 1.30. The predicted octanol–water partition coefficient (Wildman–Crippen LogP) is 0.785. The fourth-order valence-corrected chi connectivity index (χ4v) is 3.10. The molecule has 2 unspecified atom stereocenters. The molecule has 2 heterocycles. The van der Waals surface area contributed by atoms with Crippen molar-refractivity contribution in [2.24, 2.45) is 11.8 Å². The Morgan fingerprint density at radius 3 is 2.44 bits per heavy atom. The highest BCUT2D eigenvalue weighted by atomic mass is 16.2. The number of piperazine rings is 1. The maximum Gasteiger partial charge on any atom is 0.227 e. The molecule has 0 aromatic carbocycles. The summed E-state index contributed by atoms with van der Waals surface area (Å²) in [6, 6.07) is 0.353. The van der Waals surface area contributed by atoms with Crippen LogP contribution in [0.2, 0.25) is 0 Å². The molecule has 0 aromatic heterocycles. The van der Waals surface area contributed by atoms with Gasteiger partial charge in [-0.3, -0.25) is 9.69 Å². The lowest BCUT2D eigenvalue weighted by atomic mass is 10.00. The number of carbonyl (C=O) groups is 1. The van der Waals surface area contributed by atoms with E-state index in [1.165, 1.54) is 0 Å². The fraction of sp³-hybridized carbons (Fsp3) is 0.929. The summed E-state index contributed by atoms with van der Waals surface area (Å²) >= 11 is 0. The van der Waals surface area contributed by atoms with Crippen LogP contribution in [-0.2, 0) is 4.79 Å². The molecule has 0 aromatic rings. The van der Waals surface area contributed by atoms with Crippen molar-refractivity contribution in [3.05, 3.63) is 0 Å². The van der Waals surface area contributed by atoms with E-state index in [4.69, 9.17) is 0 Å². The molecule has 2 atom stereocenters.